The molecule has 0 aliphatic carbocycles. The molecule has 1 heterocycles. The van der Waals surface area contributed by atoms with Gasteiger partial charge in [-0.15, -0.1) is 11.8 Å². The second-order valence-corrected chi connectivity index (χ2v) is 15.0. The van der Waals surface area contributed by atoms with E-state index in [0.29, 0.717) is 5.82 Å². The second-order valence-electron chi connectivity index (χ2n) is 13.7. The van der Waals surface area contributed by atoms with E-state index in [1.807, 2.05) is 54.6 Å². The van der Waals surface area contributed by atoms with Crippen LogP contribution in [0.3, 0.4) is 0 Å². The standard InChI is InChI=1S/C50H38N4S/c51-48(36-15-5-2-6-16-36)55-49(52)45-21-10-9-20-44(45)40-26-23-34-22-25-39(30-43(34)31-40)38-18-11-19-41(28-38)47-32-46(35-13-3-1-4-14-35)53-50(54-47)42-27-24-33-12-7-8-17-37(33)29-42/h1-32,48-49H,51-52H2. The SMILES string of the molecule is NC(SC(N)c1ccccc1-c1ccc2ccc(-c3cccc(-c4cc(-c5ccccc5)nc(-c5ccc6ccccc6c5)n4)c3)cc2c1)c1ccccc1. The monoisotopic (exact) mass is 726 g/mol. The van der Waals surface area contributed by atoms with Crippen LogP contribution in [0.1, 0.15) is 21.9 Å². The molecule has 0 amide bonds. The Morgan fingerprint density at radius 1 is 0.364 bits per heavy atom. The number of hydrogen-bond acceptors (Lipinski definition) is 5. The number of benzene rings is 8. The van der Waals surface area contributed by atoms with Gasteiger partial charge in [0.15, 0.2) is 5.82 Å². The summed E-state index contributed by atoms with van der Waals surface area (Å²) in [5.41, 5.74) is 24.8. The van der Waals surface area contributed by atoms with Gasteiger partial charge in [-0.25, -0.2) is 9.97 Å². The number of nitrogens with two attached hydrogens (primary N) is 2. The molecule has 8 aromatic carbocycles. The Kier molecular flexibility index (Phi) is 9.49. The lowest BCUT2D eigenvalue weighted by Crippen LogP contribution is -2.14. The summed E-state index contributed by atoms with van der Waals surface area (Å²) >= 11 is 1.56. The highest BCUT2D eigenvalue weighted by Crippen LogP contribution is 2.39. The van der Waals surface area contributed by atoms with E-state index < -0.39 is 0 Å². The van der Waals surface area contributed by atoms with E-state index in [2.05, 4.69) is 140 Å². The quantitative estimate of drug-likeness (QED) is 0.145. The highest BCUT2D eigenvalue weighted by atomic mass is 32.2. The van der Waals surface area contributed by atoms with Gasteiger partial charge in [0.05, 0.1) is 22.1 Å². The van der Waals surface area contributed by atoms with Gasteiger partial charge in [-0.2, -0.15) is 0 Å². The number of hydrogen-bond donors (Lipinski definition) is 2. The minimum atomic E-state index is -0.290. The summed E-state index contributed by atoms with van der Waals surface area (Å²) in [5.74, 6) is 0.700. The Hall–Kier alpha value is -6.37. The van der Waals surface area contributed by atoms with E-state index in [4.69, 9.17) is 21.4 Å². The molecule has 0 aliphatic rings. The minimum Gasteiger partial charge on any atom is -0.316 e. The van der Waals surface area contributed by atoms with Gasteiger partial charge in [-0.3, -0.25) is 0 Å². The molecule has 9 aromatic rings. The Morgan fingerprint density at radius 3 is 1.71 bits per heavy atom. The lowest BCUT2D eigenvalue weighted by molar-refractivity contribution is 0.974. The van der Waals surface area contributed by atoms with Crippen LogP contribution in [0.25, 0.3) is 77.7 Å². The molecule has 0 radical (unpaired) electrons. The topological polar surface area (TPSA) is 77.8 Å². The molecule has 0 fully saturated rings. The van der Waals surface area contributed by atoms with Gasteiger partial charge in [0.2, 0.25) is 0 Å². The van der Waals surface area contributed by atoms with Crippen LogP contribution in [0.15, 0.2) is 194 Å². The van der Waals surface area contributed by atoms with E-state index in [1.54, 1.807) is 11.8 Å². The molecular weight excluding hydrogens is 689 g/mol. The van der Waals surface area contributed by atoms with Crippen LogP contribution in [0.4, 0.5) is 0 Å². The normalized spacial score (nSPS) is 12.5. The fourth-order valence-electron chi connectivity index (χ4n) is 7.22. The molecule has 2 unspecified atom stereocenters. The van der Waals surface area contributed by atoms with Crippen molar-refractivity contribution >= 4 is 33.3 Å². The number of nitrogens with zero attached hydrogens (tertiary/aromatic N) is 2. The first-order valence-corrected chi connectivity index (χ1v) is 19.4. The third-order valence-electron chi connectivity index (χ3n) is 10.1. The van der Waals surface area contributed by atoms with Crippen LogP contribution in [-0.4, -0.2) is 9.97 Å². The third-order valence-corrected chi connectivity index (χ3v) is 11.2. The predicted octanol–water partition coefficient (Wildman–Crippen LogP) is 12.5. The average Bonchev–Trinajstić information content (AvgIpc) is 3.26. The van der Waals surface area contributed by atoms with Crippen LogP contribution in [-0.2, 0) is 0 Å². The van der Waals surface area contributed by atoms with Gasteiger partial charge in [0.1, 0.15) is 0 Å². The fourth-order valence-corrected chi connectivity index (χ4v) is 8.20. The lowest BCUT2D eigenvalue weighted by Gasteiger charge is -2.20. The van der Waals surface area contributed by atoms with Gasteiger partial charge >= 0.3 is 0 Å². The molecule has 55 heavy (non-hydrogen) atoms. The summed E-state index contributed by atoms with van der Waals surface area (Å²) in [4.78, 5) is 10.2. The summed E-state index contributed by atoms with van der Waals surface area (Å²) in [7, 11) is 0. The van der Waals surface area contributed by atoms with Gasteiger partial charge in [-0.05, 0) is 85.3 Å². The first kappa shape index (κ1) is 34.4. The van der Waals surface area contributed by atoms with Gasteiger partial charge in [-0.1, -0.05) is 164 Å². The van der Waals surface area contributed by atoms with Crippen molar-refractivity contribution < 1.29 is 0 Å². The van der Waals surface area contributed by atoms with E-state index in [-0.39, 0.29) is 10.7 Å². The molecule has 1 aromatic heterocycles. The first-order chi connectivity index (χ1) is 27.1. The Labute approximate surface area is 325 Å². The molecule has 0 aliphatic heterocycles. The van der Waals surface area contributed by atoms with E-state index in [0.717, 1.165) is 72.2 Å². The molecule has 5 heteroatoms. The summed E-state index contributed by atoms with van der Waals surface area (Å²) < 4.78 is 0. The van der Waals surface area contributed by atoms with Crippen LogP contribution in [0.5, 0.6) is 0 Å². The highest BCUT2D eigenvalue weighted by Gasteiger charge is 2.18. The van der Waals surface area contributed by atoms with Crippen molar-refractivity contribution in [2.75, 3.05) is 0 Å². The smallest absolute Gasteiger partial charge is 0.160 e. The Bertz CT molecular complexity index is 2780. The molecule has 0 saturated heterocycles. The zero-order chi connectivity index (χ0) is 37.1. The van der Waals surface area contributed by atoms with Crippen LogP contribution < -0.4 is 11.5 Å². The minimum absolute atomic E-state index is 0.225. The Balaban J connectivity index is 1.06. The molecule has 9 rings (SSSR count). The first-order valence-electron chi connectivity index (χ1n) is 18.4. The summed E-state index contributed by atoms with van der Waals surface area (Å²) in [6.07, 6.45) is 0. The molecule has 0 bridgehead atoms. The van der Waals surface area contributed by atoms with E-state index in [9.17, 15) is 0 Å². The molecular formula is C50H38N4S. The summed E-state index contributed by atoms with van der Waals surface area (Å²) in [6.45, 7) is 0. The van der Waals surface area contributed by atoms with Crippen molar-refractivity contribution in [2.45, 2.75) is 10.7 Å². The van der Waals surface area contributed by atoms with Gasteiger partial charge in [0.25, 0.3) is 0 Å². The van der Waals surface area contributed by atoms with Crippen LogP contribution >= 0.6 is 11.8 Å². The fraction of sp³-hybridized carbons (Fsp3) is 0.0400. The molecule has 0 spiro atoms. The molecule has 4 N–H and O–H groups in total. The van der Waals surface area contributed by atoms with Crippen molar-refractivity contribution in [1.82, 2.24) is 9.97 Å². The van der Waals surface area contributed by atoms with Crippen molar-refractivity contribution in [1.29, 1.82) is 0 Å². The van der Waals surface area contributed by atoms with E-state index >= 15 is 0 Å². The summed E-state index contributed by atoms with van der Waals surface area (Å²) in [6, 6.07) is 67.7. The largest absolute Gasteiger partial charge is 0.316 e. The molecule has 264 valence electrons. The van der Waals surface area contributed by atoms with E-state index in [1.165, 1.54) is 10.8 Å². The van der Waals surface area contributed by atoms with Gasteiger partial charge in [0, 0.05) is 16.7 Å². The van der Waals surface area contributed by atoms with Gasteiger partial charge < -0.3 is 11.5 Å². The van der Waals surface area contributed by atoms with Crippen molar-refractivity contribution in [2.24, 2.45) is 11.5 Å². The van der Waals surface area contributed by atoms with Crippen molar-refractivity contribution in [3.63, 3.8) is 0 Å². The zero-order valence-electron chi connectivity index (χ0n) is 30.1. The number of rotatable bonds is 9. The van der Waals surface area contributed by atoms with Crippen molar-refractivity contribution in [3.8, 4) is 56.2 Å². The molecule has 4 nitrogen and oxygen atoms in total. The number of thioether (sulfide) groups is 1. The zero-order valence-corrected chi connectivity index (χ0v) is 30.9. The predicted molar refractivity (Wildman–Crippen MR) is 232 cm³/mol. The lowest BCUT2D eigenvalue weighted by atomic mass is 9.94. The molecule has 0 saturated carbocycles. The summed E-state index contributed by atoms with van der Waals surface area (Å²) in [5, 5.41) is 4.17. The highest BCUT2D eigenvalue weighted by molar-refractivity contribution is 7.99. The second kappa shape index (κ2) is 15.2. The van der Waals surface area contributed by atoms with Crippen LogP contribution in [0, 0.1) is 0 Å². The maximum absolute atomic E-state index is 6.83. The molecule has 2 atom stereocenters. The van der Waals surface area contributed by atoms with Crippen LogP contribution in [0.2, 0.25) is 0 Å². The maximum atomic E-state index is 6.83. The van der Waals surface area contributed by atoms with Crippen molar-refractivity contribution in [3.05, 3.63) is 205 Å². The number of aromatic nitrogens is 2. The number of fused-ring (bicyclic) bond motifs is 2. The Morgan fingerprint density at radius 2 is 0.909 bits per heavy atom. The maximum Gasteiger partial charge on any atom is 0.160 e. The third kappa shape index (κ3) is 7.29. The average molecular weight is 727 g/mol.